The number of carbonyl (C=O) groups is 1. The van der Waals surface area contributed by atoms with Gasteiger partial charge in [-0.25, -0.2) is 9.97 Å². The van der Waals surface area contributed by atoms with E-state index in [0.717, 1.165) is 28.5 Å². The number of nitrogens with one attached hydrogen (secondary N) is 1. The summed E-state index contributed by atoms with van der Waals surface area (Å²) < 4.78 is 0. The van der Waals surface area contributed by atoms with Crippen LogP contribution in [0.4, 0.5) is 0 Å². The predicted octanol–water partition coefficient (Wildman–Crippen LogP) is 4.90. The number of carbonyl (C=O) groups excluding carboxylic acids is 1. The van der Waals surface area contributed by atoms with Crippen molar-refractivity contribution in [2.75, 3.05) is 12.3 Å². The zero-order valence-corrected chi connectivity index (χ0v) is 18.1. The molecule has 0 spiro atoms. The average Bonchev–Trinajstić information content (AvgIpc) is 3.53. The van der Waals surface area contributed by atoms with Crippen LogP contribution in [0.1, 0.15) is 53.4 Å². The SMILES string of the molecule is O=C(CSc1nc(C2CC2)nc2sc3c(c12)CCCC3)NCCc1ccccc1. The van der Waals surface area contributed by atoms with Gasteiger partial charge >= 0.3 is 0 Å². The highest BCUT2D eigenvalue weighted by Gasteiger charge is 2.29. The van der Waals surface area contributed by atoms with Gasteiger partial charge in [-0.2, -0.15) is 0 Å². The second-order valence-electron chi connectivity index (χ2n) is 7.93. The highest BCUT2D eigenvalue weighted by atomic mass is 32.2. The van der Waals surface area contributed by atoms with Crippen molar-refractivity contribution in [2.45, 2.75) is 55.9 Å². The van der Waals surface area contributed by atoms with E-state index in [2.05, 4.69) is 17.4 Å². The van der Waals surface area contributed by atoms with Crippen molar-refractivity contribution in [1.29, 1.82) is 0 Å². The van der Waals surface area contributed by atoms with Gasteiger partial charge in [0.1, 0.15) is 15.7 Å². The van der Waals surface area contributed by atoms with Crippen LogP contribution in [0.5, 0.6) is 0 Å². The molecule has 0 radical (unpaired) electrons. The smallest absolute Gasteiger partial charge is 0.230 e. The average molecular weight is 424 g/mol. The molecular weight excluding hydrogens is 398 g/mol. The fourth-order valence-electron chi connectivity index (χ4n) is 3.94. The fraction of sp³-hybridized carbons (Fsp3) is 0.435. The molecular formula is C23H25N3OS2. The molecule has 0 bridgehead atoms. The van der Waals surface area contributed by atoms with E-state index in [9.17, 15) is 4.79 Å². The number of thioether (sulfide) groups is 1. The zero-order chi connectivity index (χ0) is 19.6. The highest BCUT2D eigenvalue weighted by molar-refractivity contribution is 8.00. The molecule has 1 amide bonds. The van der Waals surface area contributed by atoms with E-state index in [-0.39, 0.29) is 5.91 Å². The van der Waals surface area contributed by atoms with Gasteiger partial charge in [0.2, 0.25) is 5.91 Å². The van der Waals surface area contributed by atoms with Crippen LogP contribution in [0, 0.1) is 0 Å². The molecule has 2 aliphatic rings. The lowest BCUT2D eigenvalue weighted by Gasteiger charge is -2.12. The van der Waals surface area contributed by atoms with Gasteiger partial charge in [-0.15, -0.1) is 11.3 Å². The second-order valence-corrected chi connectivity index (χ2v) is 9.97. The van der Waals surface area contributed by atoms with Crippen LogP contribution in [0.2, 0.25) is 0 Å². The molecule has 3 aromatic rings. The van der Waals surface area contributed by atoms with E-state index in [0.29, 0.717) is 18.2 Å². The van der Waals surface area contributed by atoms with E-state index in [1.54, 1.807) is 11.8 Å². The zero-order valence-electron chi connectivity index (χ0n) is 16.4. The van der Waals surface area contributed by atoms with Crippen molar-refractivity contribution >= 4 is 39.2 Å². The summed E-state index contributed by atoms with van der Waals surface area (Å²) in [5, 5.41) is 5.31. The first-order chi connectivity index (χ1) is 14.3. The van der Waals surface area contributed by atoms with Crippen molar-refractivity contribution in [1.82, 2.24) is 15.3 Å². The third-order valence-electron chi connectivity index (χ3n) is 5.66. The first-order valence-electron chi connectivity index (χ1n) is 10.5. The lowest BCUT2D eigenvalue weighted by Crippen LogP contribution is -2.27. The topological polar surface area (TPSA) is 54.9 Å². The van der Waals surface area contributed by atoms with Gasteiger partial charge in [-0.1, -0.05) is 42.1 Å². The number of hydrogen-bond acceptors (Lipinski definition) is 5. The summed E-state index contributed by atoms with van der Waals surface area (Å²) in [6, 6.07) is 10.3. The fourth-order valence-corrected chi connectivity index (χ4v) is 6.17. The minimum atomic E-state index is 0.0785. The number of rotatable bonds is 7. The largest absolute Gasteiger partial charge is 0.355 e. The Morgan fingerprint density at radius 2 is 1.97 bits per heavy atom. The monoisotopic (exact) mass is 423 g/mol. The molecule has 2 aromatic heterocycles. The van der Waals surface area contributed by atoms with Gasteiger partial charge in [0.05, 0.1) is 5.75 Å². The quantitative estimate of drug-likeness (QED) is 0.434. The van der Waals surface area contributed by atoms with Crippen LogP contribution < -0.4 is 5.32 Å². The van der Waals surface area contributed by atoms with Gasteiger partial charge in [0, 0.05) is 22.7 Å². The first kappa shape index (κ1) is 19.1. The van der Waals surface area contributed by atoms with E-state index < -0.39 is 0 Å². The normalized spacial score (nSPS) is 16.0. The van der Waals surface area contributed by atoms with Gasteiger partial charge in [0.25, 0.3) is 0 Å². The van der Waals surface area contributed by atoms with E-state index in [1.165, 1.54) is 53.5 Å². The summed E-state index contributed by atoms with van der Waals surface area (Å²) >= 11 is 3.44. The Hall–Kier alpha value is -1.92. The summed E-state index contributed by atoms with van der Waals surface area (Å²) in [5.41, 5.74) is 2.70. The van der Waals surface area contributed by atoms with Crippen LogP contribution in [-0.4, -0.2) is 28.2 Å². The predicted molar refractivity (Wildman–Crippen MR) is 120 cm³/mol. The Bertz CT molecular complexity index is 1030. The Kier molecular flexibility index (Phi) is 5.55. The molecule has 1 fully saturated rings. The number of aryl methyl sites for hydroxylation is 2. The van der Waals surface area contributed by atoms with Crippen LogP contribution in [0.15, 0.2) is 35.4 Å². The van der Waals surface area contributed by atoms with Crippen molar-refractivity contribution in [3.8, 4) is 0 Å². The first-order valence-corrected chi connectivity index (χ1v) is 12.3. The van der Waals surface area contributed by atoms with Gasteiger partial charge < -0.3 is 5.32 Å². The molecule has 5 rings (SSSR count). The lowest BCUT2D eigenvalue weighted by molar-refractivity contribution is -0.118. The van der Waals surface area contributed by atoms with Crippen LogP contribution in [-0.2, 0) is 24.1 Å². The standard InChI is InChI=1S/C23H25N3OS2/c27-19(24-13-12-15-6-2-1-3-7-15)14-28-22-20-17-8-4-5-9-18(17)29-23(20)26-21(25-22)16-10-11-16/h1-3,6-7,16H,4-5,8-14H2,(H,24,27). The maximum Gasteiger partial charge on any atom is 0.230 e. The molecule has 2 heterocycles. The van der Waals surface area contributed by atoms with E-state index in [4.69, 9.17) is 9.97 Å². The number of amides is 1. The highest BCUT2D eigenvalue weighted by Crippen LogP contribution is 2.43. The number of thiophene rings is 1. The Balaban J connectivity index is 1.29. The molecule has 1 N–H and O–H groups in total. The van der Waals surface area contributed by atoms with Crippen molar-refractivity contribution in [3.05, 3.63) is 52.2 Å². The molecule has 1 aromatic carbocycles. The third-order valence-corrected chi connectivity index (χ3v) is 7.82. The molecule has 0 saturated heterocycles. The number of nitrogens with zero attached hydrogens (tertiary/aromatic N) is 2. The Morgan fingerprint density at radius 1 is 1.14 bits per heavy atom. The van der Waals surface area contributed by atoms with Crippen LogP contribution in [0.3, 0.4) is 0 Å². The van der Waals surface area contributed by atoms with Gasteiger partial charge in [-0.3, -0.25) is 4.79 Å². The maximum atomic E-state index is 12.4. The van der Waals surface area contributed by atoms with Gasteiger partial charge in [0.15, 0.2) is 0 Å². The summed E-state index contributed by atoms with van der Waals surface area (Å²) in [5.74, 6) is 2.01. The molecule has 0 atom stereocenters. The molecule has 1 saturated carbocycles. The van der Waals surface area contributed by atoms with Crippen molar-refractivity contribution < 1.29 is 4.79 Å². The molecule has 4 nitrogen and oxygen atoms in total. The van der Waals surface area contributed by atoms with E-state index in [1.807, 2.05) is 29.5 Å². The third kappa shape index (κ3) is 4.33. The molecule has 6 heteroatoms. The lowest BCUT2D eigenvalue weighted by atomic mass is 9.97. The number of benzene rings is 1. The summed E-state index contributed by atoms with van der Waals surface area (Å²) in [7, 11) is 0. The molecule has 0 aliphatic heterocycles. The molecule has 150 valence electrons. The number of aromatic nitrogens is 2. The van der Waals surface area contributed by atoms with Crippen LogP contribution >= 0.6 is 23.1 Å². The summed E-state index contributed by atoms with van der Waals surface area (Å²) in [6.45, 7) is 0.670. The van der Waals surface area contributed by atoms with E-state index >= 15 is 0 Å². The minimum Gasteiger partial charge on any atom is -0.355 e. The summed E-state index contributed by atoms with van der Waals surface area (Å²) in [6.07, 6.45) is 8.06. The summed E-state index contributed by atoms with van der Waals surface area (Å²) in [4.78, 5) is 24.9. The Morgan fingerprint density at radius 3 is 2.79 bits per heavy atom. The second kappa shape index (κ2) is 8.44. The molecule has 29 heavy (non-hydrogen) atoms. The maximum absolute atomic E-state index is 12.4. The molecule has 0 unspecified atom stereocenters. The number of fused-ring (bicyclic) bond motifs is 3. The van der Waals surface area contributed by atoms with Crippen molar-refractivity contribution in [3.63, 3.8) is 0 Å². The van der Waals surface area contributed by atoms with Crippen molar-refractivity contribution in [2.24, 2.45) is 0 Å². The minimum absolute atomic E-state index is 0.0785. The van der Waals surface area contributed by atoms with Gasteiger partial charge in [-0.05, 0) is 56.1 Å². The number of hydrogen-bond donors (Lipinski definition) is 1. The van der Waals surface area contributed by atoms with Crippen LogP contribution in [0.25, 0.3) is 10.2 Å². The Labute approximate surface area is 179 Å². The molecule has 2 aliphatic carbocycles.